The summed E-state index contributed by atoms with van der Waals surface area (Å²) in [7, 11) is 0. The third-order valence-corrected chi connectivity index (χ3v) is 5.02. The highest BCUT2D eigenvalue weighted by Crippen LogP contribution is 2.37. The van der Waals surface area contributed by atoms with Crippen LogP contribution >= 0.6 is 11.3 Å². The average Bonchev–Trinajstić information content (AvgIpc) is 2.97. The Morgan fingerprint density at radius 2 is 2.22 bits per heavy atom. The number of aliphatic hydroxyl groups is 1. The summed E-state index contributed by atoms with van der Waals surface area (Å²) < 4.78 is 0. The minimum absolute atomic E-state index is 0.0804. The Morgan fingerprint density at radius 1 is 1.56 bits per heavy atom. The molecule has 1 heterocycles. The second-order valence-electron chi connectivity index (χ2n) is 5.70. The van der Waals surface area contributed by atoms with Gasteiger partial charge in [0.15, 0.2) is 0 Å². The van der Waals surface area contributed by atoms with Crippen LogP contribution in [0.15, 0.2) is 17.5 Å². The molecule has 0 saturated heterocycles. The molecule has 100 valence electrons. The molecular weight excluding hydrogens is 246 g/mol. The van der Waals surface area contributed by atoms with Crippen LogP contribution in [-0.4, -0.2) is 17.6 Å². The van der Waals surface area contributed by atoms with Crippen LogP contribution in [0.1, 0.15) is 44.4 Å². The van der Waals surface area contributed by atoms with Crippen LogP contribution in [-0.2, 0) is 10.4 Å². The van der Waals surface area contributed by atoms with Gasteiger partial charge in [-0.1, -0.05) is 25.8 Å². The van der Waals surface area contributed by atoms with Gasteiger partial charge >= 0.3 is 0 Å². The van der Waals surface area contributed by atoms with Gasteiger partial charge in [0.05, 0.1) is 6.54 Å². The molecule has 18 heavy (non-hydrogen) atoms. The van der Waals surface area contributed by atoms with E-state index in [0.717, 1.165) is 30.6 Å². The summed E-state index contributed by atoms with van der Waals surface area (Å²) in [4.78, 5) is 13.1. The van der Waals surface area contributed by atoms with Gasteiger partial charge in [0, 0.05) is 10.3 Å². The van der Waals surface area contributed by atoms with Crippen LogP contribution in [0.2, 0.25) is 0 Å². The van der Waals surface area contributed by atoms with E-state index in [-0.39, 0.29) is 17.9 Å². The zero-order valence-electron chi connectivity index (χ0n) is 11.0. The molecule has 0 aliphatic heterocycles. The number of thiophene rings is 1. The van der Waals surface area contributed by atoms with Gasteiger partial charge < -0.3 is 10.4 Å². The Hall–Kier alpha value is -0.870. The second kappa shape index (κ2) is 5.02. The zero-order valence-corrected chi connectivity index (χ0v) is 11.8. The lowest BCUT2D eigenvalue weighted by Gasteiger charge is -2.27. The molecule has 4 heteroatoms. The highest BCUT2D eigenvalue weighted by atomic mass is 32.1. The quantitative estimate of drug-likeness (QED) is 0.881. The molecule has 0 radical (unpaired) electrons. The van der Waals surface area contributed by atoms with Gasteiger partial charge in [0.2, 0.25) is 5.91 Å². The Morgan fingerprint density at radius 3 is 2.78 bits per heavy atom. The molecule has 2 rings (SSSR count). The van der Waals surface area contributed by atoms with Crippen LogP contribution in [0.25, 0.3) is 0 Å². The first-order chi connectivity index (χ1) is 8.44. The fraction of sp³-hybridized carbons (Fsp3) is 0.643. The van der Waals surface area contributed by atoms with Crippen molar-refractivity contribution < 1.29 is 9.90 Å². The van der Waals surface area contributed by atoms with Gasteiger partial charge in [-0.05, 0) is 31.2 Å². The predicted octanol–water partition coefficient (Wildman–Crippen LogP) is 2.65. The molecule has 0 aromatic carbocycles. The second-order valence-corrected chi connectivity index (χ2v) is 6.65. The summed E-state index contributed by atoms with van der Waals surface area (Å²) in [6.45, 7) is 4.05. The van der Waals surface area contributed by atoms with E-state index in [4.69, 9.17) is 0 Å². The van der Waals surface area contributed by atoms with Crippen molar-refractivity contribution in [1.29, 1.82) is 0 Å². The number of nitrogens with one attached hydrogen (secondary N) is 1. The van der Waals surface area contributed by atoms with Gasteiger partial charge in [-0.2, -0.15) is 0 Å². The highest BCUT2D eigenvalue weighted by molar-refractivity contribution is 7.10. The van der Waals surface area contributed by atoms with Gasteiger partial charge in [0.25, 0.3) is 0 Å². The van der Waals surface area contributed by atoms with E-state index in [9.17, 15) is 9.90 Å². The number of hydrogen-bond donors (Lipinski definition) is 2. The third-order valence-electron chi connectivity index (χ3n) is 3.90. The van der Waals surface area contributed by atoms with E-state index >= 15 is 0 Å². The molecule has 1 saturated carbocycles. The normalized spacial score (nSPS) is 21.5. The summed E-state index contributed by atoms with van der Waals surface area (Å²) in [6, 6.07) is 3.81. The number of hydrogen-bond acceptors (Lipinski definition) is 3. The summed E-state index contributed by atoms with van der Waals surface area (Å²) in [5.41, 5.74) is -1.20. The van der Waals surface area contributed by atoms with Crippen molar-refractivity contribution >= 4 is 17.2 Å². The van der Waals surface area contributed by atoms with Crippen molar-refractivity contribution in [2.75, 3.05) is 6.54 Å². The summed E-state index contributed by atoms with van der Waals surface area (Å²) in [6.07, 6.45) is 4.18. The van der Waals surface area contributed by atoms with Gasteiger partial charge in [-0.25, -0.2) is 0 Å². The van der Waals surface area contributed by atoms with E-state index in [1.165, 1.54) is 11.3 Å². The first-order valence-electron chi connectivity index (χ1n) is 6.49. The van der Waals surface area contributed by atoms with E-state index in [1.54, 1.807) is 6.92 Å². The van der Waals surface area contributed by atoms with Crippen LogP contribution in [0, 0.1) is 5.41 Å². The van der Waals surface area contributed by atoms with Crippen LogP contribution in [0.5, 0.6) is 0 Å². The summed E-state index contributed by atoms with van der Waals surface area (Å²) in [5.74, 6) is 0.0804. The minimum atomic E-state index is -0.973. The maximum atomic E-state index is 12.2. The molecule has 1 aliphatic rings. The largest absolute Gasteiger partial charge is 0.383 e. The van der Waals surface area contributed by atoms with E-state index in [2.05, 4.69) is 5.32 Å². The van der Waals surface area contributed by atoms with Gasteiger partial charge in [0.1, 0.15) is 5.60 Å². The SMILES string of the molecule is CC1(C(=O)NC[C@@](C)(O)c2cccs2)CCCC1. The van der Waals surface area contributed by atoms with Crippen LogP contribution in [0.3, 0.4) is 0 Å². The number of carbonyl (C=O) groups is 1. The maximum absolute atomic E-state index is 12.2. The summed E-state index contributed by atoms with van der Waals surface area (Å²) >= 11 is 1.51. The van der Waals surface area contributed by atoms with Gasteiger partial charge in [-0.3, -0.25) is 4.79 Å². The molecule has 0 bridgehead atoms. The van der Waals surface area contributed by atoms with Gasteiger partial charge in [-0.15, -0.1) is 11.3 Å². The Balaban J connectivity index is 1.93. The summed E-state index contributed by atoms with van der Waals surface area (Å²) in [5, 5.41) is 15.2. The fourth-order valence-corrected chi connectivity index (χ4v) is 3.31. The first-order valence-corrected chi connectivity index (χ1v) is 7.37. The number of amides is 1. The van der Waals surface area contributed by atoms with E-state index in [0.29, 0.717) is 0 Å². The molecule has 1 atom stereocenters. The van der Waals surface area contributed by atoms with Crippen molar-refractivity contribution in [2.45, 2.75) is 45.1 Å². The van der Waals surface area contributed by atoms with Crippen LogP contribution < -0.4 is 5.32 Å². The lowest BCUT2D eigenvalue weighted by atomic mass is 9.87. The monoisotopic (exact) mass is 267 g/mol. The third kappa shape index (κ3) is 2.75. The Labute approximate surface area is 112 Å². The molecule has 0 spiro atoms. The molecule has 0 unspecified atom stereocenters. The van der Waals surface area contributed by atoms with Crippen molar-refractivity contribution in [3.05, 3.63) is 22.4 Å². The van der Waals surface area contributed by atoms with E-state index in [1.807, 2.05) is 24.4 Å². The van der Waals surface area contributed by atoms with Crippen molar-refractivity contribution in [3.8, 4) is 0 Å². The first kappa shape index (κ1) is 13.6. The van der Waals surface area contributed by atoms with Crippen molar-refractivity contribution in [2.24, 2.45) is 5.41 Å². The Kier molecular flexibility index (Phi) is 3.78. The highest BCUT2D eigenvalue weighted by Gasteiger charge is 2.37. The molecule has 3 nitrogen and oxygen atoms in total. The molecular formula is C14H21NO2S. The maximum Gasteiger partial charge on any atom is 0.226 e. The number of carbonyl (C=O) groups excluding carboxylic acids is 1. The predicted molar refractivity (Wildman–Crippen MR) is 73.5 cm³/mol. The lowest BCUT2D eigenvalue weighted by molar-refractivity contribution is -0.131. The molecule has 1 fully saturated rings. The van der Waals surface area contributed by atoms with Crippen molar-refractivity contribution in [3.63, 3.8) is 0 Å². The minimum Gasteiger partial charge on any atom is -0.383 e. The fourth-order valence-electron chi connectivity index (χ4n) is 2.52. The molecule has 1 aromatic rings. The molecule has 2 N–H and O–H groups in total. The average molecular weight is 267 g/mol. The molecule has 1 aliphatic carbocycles. The zero-order chi connectivity index (χ0) is 13.2. The Bertz CT molecular complexity index is 405. The van der Waals surface area contributed by atoms with Crippen molar-refractivity contribution in [1.82, 2.24) is 5.32 Å². The van der Waals surface area contributed by atoms with E-state index < -0.39 is 5.60 Å². The standard InChI is InChI=1S/C14H21NO2S/c1-13(7-3-4-8-13)12(16)15-10-14(2,17)11-6-5-9-18-11/h5-6,9,17H,3-4,7-8,10H2,1-2H3,(H,15,16)/t14-/m1/s1. The molecule has 1 aromatic heterocycles. The topological polar surface area (TPSA) is 49.3 Å². The number of rotatable bonds is 4. The lowest BCUT2D eigenvalue weighted by Crippen LogP contribution is -2.43. The smallest absolute Gasteiger partial charge is 0.226 e. The molecule has 1 amide bonds. The van der Waals surface area contributed by atoms with Crippen LogP contribution in [0.4, 0.5) is 0 Å².